The van der Waals surface area contributed by atoms with Gasteiger partial charge in [0, 0.05) is 29.9 Å². The Hall–Kier alpha value is -1.11. The smallest absolute Gasteiger partial charge is 0.261 e. The summed E-state index contributed by atoms with van der Waals surface area (Å²) >= 11 is 0. The van der Waals surface area contributed by atoms with Gasteiger partial charge in [0.2, 0.25) is 0 Å². The van der Waals surface area contributed by atoms with Crippen LogP contribution >= 0.6 is 10.7 Å². The number of hydrogen-bond donors (Lipinski definition) is 1. The van der Waals surface area contributed by atoms with Crippen molar-refractivity contribution in [2.75, 3.05) is 13.7 Å². The molecule has 0 saturated heterocycles. The second-order valence-corrected chi connectivity index (χ2v) is 7.16. The lowest BCUT2D eigenvalue weighted by atomic mass is 10.0. The van der Waals surface area contributed by atoms with Gasteiger partial charge in [0.1, 0.15) is 0 Å². The van der Waals surface area contributed by atoms with Gasteiger partial charge >= 0.3 is 0 Å². The number of carbonyl (C=O) groups is 1. The molecule has 0 saturated carbocycles. The Kier molecular flexibility index (Phi) is 5.56. The summed E-state index contributed by atoms with van der Waals surface area (Å²) in [6.07, 6.45) is -0.124. The van der Waals surface area contributed by atoms with E-state index in [1.165, 1.54) is 6.07 Å². The Morgan fingerprint density at radius 1 is 1.35 bits per heavy atom. The highest BCUT2D eigenvalue weighted by Crippen LogP contribution is 2.23. The van der Waals surface area contributed by atoms with Crippen LogP contribution in [0.2, 0.25) is 0 Å². The van der Waals surface area contributed by atoms with E-state index in [4.69, 9.17) is 15.4 Å². The maximum Gasteiger partial charge on any atom is 0.261 e. The molecule has 0 aliphatic rings. The number of hydrogen-bond acceptors (Lipinski definition) is 4. The Bertz CT molecular complexity index is 613. The average Bonchev–Trinajstić information content (AvgIpc) is 2.33. The van der Waals surface area contributed by atoms with Crippen molar-refractivity contribution in [2.24, 2.45) is 0 Å². The van der Waals surface area contributed by atoms with Crippen LogP contribution in [-0.2, 0) is 13.8 Å². The van der Waals surface area contributed by atoms with Gasteiger partial charge in [-0.05, 0) is 38.0 Å². The fraction of sp³-hybridized carbons (Fsp3) is 0.462. The largest absolute Gasteiger partial charge is 0.380 e. The van der Waals surface area contributed by atoms with E-state index in [9.17, 15) is 13.2 Å². The molecule has 1 atom stereocenters. The number of ether oxygens (including phenoxy) is 1. The standard InChI is InChI=1S/C13H18ClNO4S/c1-8-5-9(2)12(20(14,17)18)6-11(8)13(16)15-7-10(3)19-4/h5-6,10H,7H2,1-4H3,(H,15,16). The van der Waals surface area contributed by atoms with Gasteiger partial charge in [-0.3, -0.25) is 4.79 Å². The normalized spacial score (nSPS) is 13.1. The van der Waals surface area contributed by atoms with Crippen LogP contribution < -0.4 is 5.32 Å². The molecule has 0 heterocycles. The molecule has 1 aromatic carbocycles. The lowest BCUT2D eigenvalue weighted by molar-refractivity contribution is 0.0869. The van der Waals surface area contributed by atoms with E-state index in [1.807, 2.05) is 6.92 Å². The van der Waals surface area contributed by atoms with Crippen LogP contribution in [0.5, 0.6) is 0 Å². The molecular formula is C13H18ClNO4S. The average molecular weight is 320 g/mol. The maximum atomic E-state index is 12.1. The molecule has 0 spiro atoms. The lowest BCUT2D eigenvalue weighted by Gasteiger charge is -2.13. The van der Waals surface area contributed by atoms with Crippen molar-refractivity contribution in [2.45, 2.75) is 31.8 Å². The molecule has 20 heavy (non-hydrogen) atoms. The zero-order valence-corrected chi connectivity index (χ0v) is 13.4. The molecule has 0 aliphatic carbocycles. The van der Waals surface area contributed by atoms with Crippen LogP contribution in [0.25, 0.3) is 0 Å². The van der Waals surface area contributed by atoms with Gasteiger partial charge in [-0.2, -0.15) is 0 Å². The third kappa shape index (κ3) is 4.19. The molecule has 0 aromatic heterocycles. The molecule has 0 radical (unpaired) electrons. The first-order valence-corrected chi connectivity index (χ1v) is 8.34. The lowest BCUT2D eigenvalue weighted by Crippen LogP contribution is -2.32. The number of rotatable bonds is 5. The molecule has 112 valence electrons. The Morgan fingerprint density at radius 2 is 1.95 bits per heavy atom. The predicted molar refractivity (Wildman–Crippen MR) is 77.8 cm³/mol. The minimum Gasteiger partial charge on any atom is -0.380 e. The number of halogens is 1. The van der Waals surface area contributed by atoms with Crippen molar-refractivity contribution >= 4 is 25.6 Å². The van der Waals surface area contributed by atoms with Gasteiger partial charge < -0.3 is 10.1 Å². The third-order valence-electron chi connectivity index (χ3n) is 2.98. The van der Waals surface area contributed by atoms with E-state index in [2.05, 4.69) is 5.32 Å². The number of benzene rings is 1. The Morgan fingerprint density at radius 3 is 2.45 bits per heavy atom. The number of aryl methyl sites for hydroxylation is 2. The molecule has 0 bridgehead atoms. The fourth-order valence-electron chi connectivity index (χ4n) is 1.75. The van der Waals surface area contributed by atoms with E-state index >= 15 is 0 Å². The van der Waals surface area contributed by atoms with Crippen molar-refractivity contribution in [3.05, 3.63) is 28.8 Å². The molecule has 7 heteroatoms. The van der Waals surface area contributed by atoms with Crippen LogP contribution in [0, 0.1) is 13.8 Å². The second-order valence-electron chi connectivity index (χ2n) is 4.63. The summed E-state index contributed by atoms with van der Waals surface area (Å²) in [6, 6.07) is 2.93. The SMILES string of the molecule is COC(C)CNC(=O)c1cc(S(=O)(=O)Cl)c(C)cc1C. The van der Waals surface area contributed by atoms with E-state index < -0.39 is 9.05 Å². The summed E-state index contributed by atoms with van der Waals surface area (Å²) in [5.41, 5.74) is 1.49. The first-order valence-electron chi connectivity index (χ1n) is 6.03. The molecule has 0 aliphatic heterocycles. The molecular weight excluding hydrogens is 302 g/mol. The van der Waals surface area contributed by atoms with Crippen molar-refractivity contribution in [3.8, 4) is 0 Å². The van der Waals surface area contributed by atoms with Gasteiger partial charge in [0.25, 0.3) is 15.0 Å². The molecule has 1 aromatic rings. The van der Waals surface area contributed by atoms with Gasteiger partial charge in [0.05, 0.1) is 11.0 Å². The van der Waals surface area contributed by atoms with Crippen LogP contribution in [0.4, 0.5) is 0 Å². The zero-order chi connectivity index (χ0) is 15.5. The van der Waals surface area contributed by atoms with E-state index in [1.54, 1.807) is 27.0 Å². The van der Waals surface area contributed by atoms with E-state index in [0.717, 1.165) is 0 Å². The van der Waals surface area contributed by atoms with Gasteiger partial charge in [-0.1, -0.05) is 6.07 Å². The molecule has 1 unspecified atom stereocenters. The molecule has 1 N–H and O–H groups in total. The minimum absolute atomic E-state index is 0.0466. The minimum atomic E-state index is -3.87. The first-order chi connectivity index (χ1) is 9.16. The first kappa shape index (κ1) is 16.9. The van der Waals surface area contributed by atoms with Crippen LogP contribution in [0.1, 0.15) is 28.4 Å². The summed E-state index contributed by atoms with van der Waals surface area (Å²) in [7, 11) is 3.04. The van der Waals surface area contributed by atoms with Crippen LogP contribution in [0.3, 0.4) is 0 Å². The van der Waals surface area contributed by atoms with Gasteiger partial charge in [-0.25, -0.2) is 8.42 Å². The molecule has 5 nitrogen and oxygen atoms in total. The molecule has 1 amide bonds. The van der Waals surface area contributed by atoms with E-state index in [-0.39, 0.29) is 22.5 Å². The highest BCUT2D eigenvalue weighted by Gasteiger charge is 2.19. The highest BCUT2D eigenvalue weighted by atomic mass is 35.7. The number of nitrogens with one attached hydrogen (secondary N) is 1. The van der Waals surface area contributed by atoms with Crippen LogP contribution in [0.15, 0.2) is 17.0 Å². The van der Waals surface area contributed by atoms with Crippen molar-refractivity contribution in [1.82, 2.24) is 5.32 Å². The van der Waals surface area contributed by atoms with Crippen molar-refractivity contribution in [1.29, 1.82) is 0 Å². The summed E-state index contributed by atoms with van der Waals surface area (Å²) < 4.78 is 28.0. The Balaban J connectivity index is 3.10. The summed E-state index contributed by atoms with van der Waals surface area (Å²) in [5.74, 6) is -0.354. The highest BCUT2D eigenvalue weighted by molar-refractivity contribution is 8.13. The fourth-order valence-corrected chi connectivity index (χ4v) is 2.96. The third-order valence-corrected chi connectivity index (χ3v) is 4.45. The predicted octanol–water partition coefficient (Wildman–Crippen LogP) is 2.00. The topological polar surface area (TPSA) is 72.5 Å². The number of methoxy groups -OCH3 is 1. The summed E-state index contributed by atoms with van der Waals surface area (Å²) in [5, 5.41) is 2.69. The number of amides is 1. The Labute approximate surface area is 123 Å². The number of carbonyl (C=O) groups excluding carboxylic acids is 1. The molecule has 1 rings (SSSR count). The van der Waals surface area contributed by atoms with Crippen molar-refractivity contribution in [3.63, 3.8) is 0 Å². The van der Waals surface area contributed by atoms with Crippen molar-refractivity contribution < 1.29 is 17.9 Å². The summed E-state index contributed by atoms with van der Waals surface area (Å²) in [6.45, 7) is 5.53. The molecule has 0 fully saturated rings. The zero-order valence-electron chi connectivity index (χ0n) is 11.9. The quantitative estimate of drug-likeness (QED) is 0.842. The monoisotopic (exact) mass is 319 g/mol. The summed E-state index contributed by atoms with van der Waals surface area (Å²) in [4.78, 5) is 12.0. The van der Waals surface area contributed by atoms with Crippen LogP contribution in [-0.4, -0.2) is 34.1 Å². The second kappa shape index (κ2) is 6.56. The van der Waals surface area contributed by atoms with Gasteiger partial charge in [-0.15, -0.1) is 0 Å². The van der Waals surface area contributed by atoms with Gasteiger partial charge in [0.15, 0.2) is 0 Å². The maximum absolute atomic E-state index is 12.1. The van der Waals surface area contributed by atoms with E-state index in [0.29, 0.717) is 17.7 Å².